The summed E-state index contributed by atoms with van der Waals surface area (Å²) < 4.78 is 5.81. The average Bonchev–Trinajstić information content (AvgIpc) is 2.55. The Bertz CT molecular complexity index is 583. The number of benzene rings is 1. The van der Waals surface area contributed by atoms with Gasteiger partial charge in [0.25, 0.3) is 0 Å². The molecule has 2 heterocycles. The van der Waals surface area contributed by atoms with Crippen LogP contribution < -0.4 is 10.1 Å². The zero-order valence-electron chi connectivity index (χ0n) is 12.4. The number of nitrogens with one attached hydrogen (secondary N) is 1. The van der Waals surface area contributed by atoms with Gasteiger partial charge in [0, 0.05) is 24.5 Å². The van der Waals surface area contributed by atoms with Gasteiger partial charge in [-0.05, 0) is 31.0 Å². The number of fused-ring (bicyclic) bond motifs is 1. The third-order valence-corrected chi connectivity index (χ3v) is 3.73. The Kier molecular flexibility index (Phi) is 4.46. The lowest BCUT2D eigenvalue weighted by atomic mass is 9.96. The van der Waals surface area contributed by atoms with E-state index in [-0.39, 0.29) is 5.92 Å². The van der Waals surface area contributed by atoms with Crippen LogP contribution in [0.4, 0.5) is 0 Å². The molecule has 21 heavy (non-hydrogen) atoms. The van der Waals surface area contributed by atoms with Crippen LogP contribution in [0.1, 0.15) is 36.2 Å². The first kappa shape index (κ1) is 14.0. The molecule has 0 amide bonds. The predicted molar refractivity (Wildman–Crippen MR) is 82.4 cm³/mol. The molecule has 0 saturated carbocycles. The number of rotatable bonds is 5. The average molecular weight is 283 g/mol. The highest BCUT2D eigenvalue weighted by molar-refractivity contribution is 5.36. The van der Waals surface area contributed by atoms with Crippen LogP contribution in [-0.2, 0) is 13.0 Å². The zero-order chi connectivity index (χ0) is 14.5. The van der Waals surface area contributed by atoms with Crippen molar-refractivity contribution in [3.63, 3.8) is 0 Å². The van der Waals surface area contributed by atoms with E-state index in [0.717, 1.165) is 43.1 Å². The van der Waals surface area contributed by atoms with Gasteiger partial charge < -0.3 is 10.1 Å². The first-order valence-corrected chi connectivity index (χ1v) is 7.59. The molecule has 0 radical (unpaired) electrons. The largest absolute Gasteiger partial charge is 0.493 e. The second-order valence-corrected chi connectivity index (χ2v) is 5.45. The van der Waals surface area contributed by atoms with Crippen molar-refractivity contribution >= 4 is 0 Å². The summed E-state index contributed by atoms with van der Waals surface area (Å²) >= 11 is 0. The second kappa shape index (κ2) is 6.68. The molecule has 1 unspecified atom stereocenters. The van der Waals surface area contributed by atoms with Crippen molar-refractivity contribution in [2.75, 3.05) is 13.2 Å². The van der Waals surface area contributed by atoms with Crippen LogP contribution in [0.2, 0.25) is 0 Å². The summed E-state index contributed by atoms with van der Waals surface area (Å²) in [6, 6.07) is 8.20. The maximum Gasteiger partial charge on any atom is 0.135 e. The first-order valence-electron chi connectivity index (χ1n) is 7.59. The fourth-order valence-corrected chi connectivity index (χ4v) is 2.57. The molecule has 0 bridgehead atoms. The number of nitrogens with zero attached hydrogens (tertiary/aromatic N) is 2. The van der Waals surface area contributed by atoms with Gasteiger partial charge in [-0.25, -0.2) is 9.97 Å². The molecule has 0 saturated heterocycles. The van der Waals surface area contributed by atoms with Gasteiger partial charge in [0.1, 0.15) is 11.6 Å². The van der Waals surface area contributed by atoms with Crippen molar-refractivity contribution < 1.29 is 4.74 Å². The molecular formula is C17H21N3O. The third kappa shape index (κ3) is 3.39. The zero-order valence-corrected chi connectivity index (χ0v) is 12.4. The molecule has 1 aromatic heterocycles. The van der Waals surface area contributed by atoms with Crippen molar-refractivity contribution in [2.24, 2.45) is 0 Å². The van der Waals surface area contributed by atoms with Gasteiger partial charge in [0.2, 0.25) is 0 Å². The molecule has 0 spiro atoms. The Hall–Kier alpha value is -1.94. The lowest BCUT2D eigenvalue weighted by molar-refractivity contribution is 0.257. The van der Waals surface area contributed by atoms with Crippen molar-refractivity contribution in [1.29, 1.82) is 0 Å². The molecule has 4 nitrogen and oxygen atoms in total. The molecule has 1 aliphatic heterocycles. The smallest absolute Gasteiger partial charge is 0.135 e. The van der Waals surface area contributed by atoms with E-state index >= 15 is 0 Å². The summed E-state index contributed by atoms with van der Waals surface area (Å²) in [6.45, 7) is 4.67. The maximum absolute atomic E-state index is 5.81. The second-order valence-electron chi connectivity index (χ2n) is 5.45. The Labute approximate surface area is 125 Å². The SMILES string of the molecule is CCCNCc1cnc(C2COc3ccccc3C2)nc1. The Morgan fingerprint density at radius 3 is 2.86 bits per heavy atom. The Morgan fingerprint density at radius 1 is 1.24 bits per heavy atom. The highest BCUT2D eigenvalue weighted by Gasteiger charge is 2.22. The van der Waals surface area contributed by atoms with Crippen molar-refractivity contribution in [1.82, 2.24) is 15.3 Å². The third-order valence-electron chi connectivity index (χ3n) is 3.73. The first-order chi connectivity index (χ1) is 10.4. The number of aromatic nitrogens is 2. The minimum atomic E-state index is 0.248. The quantitative estimate of drug-likeness (QED) is 0.857. The molecule has 4 heteroatoms. The summed E-state index contributed by atoms with van der Waals surface area (Å²) in [5.41, 5.74) is 2.37. The van der Waals surface area contributed by atoms with Crippen LogP contribution in [0.5, 0.6) is 5.75 Å². The van der Waals surface area contributed by atoms with E-state index in [0.29, 0.717) is 6.61 Å². The fraction of sp³-hybridized carbons (Fsp3) is 0.412. The number of hydrogen-bond donors (Lipinski definition) is 1. The van der Waals surface area contributed by atoms with E-state index in [1.165, 1.54) is 5.56 Å². The summed E-state index contributed by atoms with van der Waals surface area (Å²) in [5, 5.41) is 3.36. The predicted octanol–water partition coefficient (Wildman–Crippen LogP) is 2.69. The van der Waals surface area contributed by atoms with Gasteiger partial charge >= 0.3 is 0 Å². The van der Waals surface area contributed by atoms with Crippen LogP contribution in [0.15, 0.2) is 36.7 Å². The summed E-state index contributed by atoms with van der Waals surface area (Å²) in [4.78, 5) is 9.05. The highest BCUT2D eigenvalue weighted by Crippen LogP contribution is 2.30. The standard InChI is InChI=1S/C17H21N3O/c1-2-7-18-9-13-10-19-17(20-11-13)15-8-14-5-3-4-6-16(14)21-12-15/h3-6,10-11,15,18H,2,7-9,12H2,1H3. The summed E-state index contributed by atoms with van der Waals surface area (Å²) in [5.74, 6) is 2.12. The number of para-hydroxylation sites is 1. The molecule has 1 aromatic carbocycles. The van der Waals surface area contributed by atoms with Crippen molar-refractivity contribution in [3.8, 4) is 5.75 Å². The van der Waals surface area contributed by atoms with E-state index in [1.54, 1.807) is 0 Å². The number of ether oxygens (including phenoxy) is 1. The maximum atomic E-state index is 5.81. The van der Waals surface area contributed by atoms with Crippen LogP contribution >= 0.6 is 0 Å². The van der Waals surface area contributed by atoms with Crippen molar-refractivity contribution in [3.05, 3.63) is 53.6 Å². The highest BCUT2D eigenvalue weighted by atomic mass is 16.5. The van der Waals surface area contributed by atoms with Gasteiger partial charge in [-0.15, -0.1) is 0 Å². The lowest BCUT2D eigenvalue weighted by Crippen LogP contribution is -2.21. The minimum Gasteiger partial charge on any atom is -0.493 e. The molecule has 1 N–H and O–H groups in total. The topological polar surface area (TPSA) is 47.0 Å². The molecule has 0 fully saturated rings. The van der Waals surface area contributed by atoms with Gasteiger partial charge in [0.05, 0.1) is 12.5 Å². The molecule has 110 valence electrons. The van der Waals surface area contributed by atoms with Gasteiger partial charge in [0.15, 0.2) is 0 Å². The molecule has 2 aromatic rings. The van der Waals surface area contributed by atoms with Crippen molar-refractivity contribution in [2.45, 2.75) is 32.2 Å². The lowest BCUT2D eigenvalue weighted by Gasteiger charge is -2.24. The van der Waals surface area contributed by atoms with E-state index in [4.69, 9.17) is 4.74 Å². The van der Waals surface area contributed by atoms with Crippen LogP contribution in [0, 0.1) is 0 Å². The van der Waals surface area contributed by atoms with Gasteiger partial charge in [-0.3, -0.25) is 0 Å². The van der Waals surface area contributed by atoms with E-state index < -0.39 is 0 Å². The summed E-state index contributed by atoms with van der Waals surface area (Å²) in [7, 11) is 0. The Morgan fingerprint density at radius 2 is 2.05 bits per heavy atom. The fourth-order valence-electron chi connectivity index (χ4n) is 2.57. The van der Waals surface area contributed by atoms with Crippen LogP contribution in [-0.4, -0.2) is 23.1 Å². The molecule has 3 rings (SSSR count). The van der Waals surface area contributed by atoms with E-state index in [2.05, 4.69) is 28.3 Å². The Balaban J connectivity index is 1.65. The molecular weight excluding hydrogens is 262 g/mol. The molecule has 1 atom stereocenters. The monoisotopic (exact) mass is 283 g/mol. The molecule has 1 aliphatic rings. The van der Waals surface area contributed by atoms with Crippen LogP contribution in [0.3, 0.4) is 0 Å². The van der Waals surface area contributed by atoms with Crippen LogP contribution in [0.25, 0.3) is 0 Å². The van der Waals surface area contributed by atoms with E-state index in [1.807, 2.05) is 30.6 Å². The summed E-state index contributed by atoms with van der Waals surface area (Å²) in [6.07, 6.45) is 5.93. The minimum absolute atomic E-state index is 0.248. The van der Waals surface area contributed by atoms with E-state index in [9.17, 15) is 0 Å². The molecule has 0 aliphatic carbocycles. The number of hydrogen-bond acceptors (Lipinski definition) is 4. The normalized spacial score (nSPS) is 17.1. The van der Waals surface area contributed by atoms with Gasteiger partial charge in [-0.1, -0.05) is 25.1 Å². The van der Waals surface area contributed by atoms with Gasteiger partial charge in [-0.2, -0.15) is 0 Å².